The number of benzene rings is 3. The van der Waals surface area contributed by atoms with Crippen molar-refractivity contribution in [2.24, 2.45) is 0 Å². The highest BCUT2D eigenvalue weighted by Crippen LogP contribution is 2.31. The van der Waals surface area contributed by atoms with Crippen molar-refractivity contribution in [1.82, 2.24) is 10.6 Å². The lowest BCUT2D eigenvalue weighted by atomic mass is 10.1. The molecule has 1 aliphatic heterocycles. The van der Waals surface area contributed by atoms with Crippen molar-refractivity contribution in [2.45, 2.75) is 13.3 Å². The van der Waals surface area contributed by atoms with Crippen LogP contribution in [-0.4, -0.2) is 70.9 Å². The van der Waals surface area contributed by atoms with E-state index < -0.39 is 12.0 Å². The molecule has 0 atom stereocenters. The van der Waals surface area contributed by atoms with Gasteiger partial charge in [-0.1, -0.05) is 42.5 Å². The van der Waals surface area contributed by atoms with E-state index in [-0.39, 0.29) is 19.1 Å². The Morgan fingerprint density at radius 2 is 1.51 bits per heavy atom. The molecular formula is C31H37N5O5. The Morgan fingerprint density at radius 1 is 0.829 bits per heavy atom. The molecule has 1 heterocycles. The number of urea groups is 1. The summed E-state index contributed by atoms with van der Waals surface area (Å²) in [6.45, 7) is 5.08. The minimum absolute atomic E-state index is 0.223. The molecule has 41 heavy (non-hydrogen) atoms. The second kappa shape index (κ2) is 14.6. The van der Waals surface area contributed by atoms with Crippen LogP contribution in [0.25, 0.3) is 0 Å². The molecule has 1 aliphatic rings. The third kappa shape index (κ3) is 8.14. The summed E-state index contributed by atoms with van der Waals surface area (Å²) in [5.41, 5.74) is 3.87. The van der Waals surface area contributed by atoms with Crippen molar-refractivity contribution in [2.75, 3.05) is 68.1 Å². The first kappa shape index (κ1) is 29.3. The molecule has 1 fully saturated rings. The number of hydrogen-bond acceptors (Lipinski definition) is 7. The fourth-order valence-electron chi connectivity index (χ4n) is 4.75. The van der Waals surface area contributed by atoms with E-state index >= 15 is 0 Å². The summed E-state index contributed by atoms with van der Waals surface area (Å²) in [7, 11) is 1.67. The lowest BCUT2D eigenvalue weighted by molar-refractivity contribution is -0.141. The average Bonchev–Trinajstić information content (AvgIpc) is 3.01. The summed E-state index contributed by atoms with van der Waals surface area (Å²) in [5, 5.41) is 8.21. The SMILES string of the molecule is CCOC(=O)CNC(=O)Nc1ccc(N2CCN(c3ccccc3OC)CC2)c(C(=O)NCCc2ccccc2)c1. The number of carbonyl (C=O) groups excluding carboxylic acids is 3. The van der Waals surface area contributed by atoms with Crippen molar-refractivity contribution >= 4 is 35.0 Å². The highest BCUT2D eigenvalue weighted by molar-refractivity contribution is 6.02. The minimum Gasteiger partial charge on any atom is -0.495 e. The van der Waals surface area contributed by atoms with Gasteiger partial charge in [0, 0.05) is 44.1 Å². The van der Waals surface area contributed by atoms with Gasteiger partial charge in [-0.15, -0.1) is 0 Å². The van der Waals surface area contributed by atoms with Gasteiger partial charge >= 0.3 is 12.0 Å². The molecule has 0 unspecified atom stereocenters. The first-order valence-electron chi connectivity index (χ1n) is 13.8. The molecular weight excluding hydrogens is 522 g/mol. The molecule has 0 aromatic heterocycles. The van der Waals surface area contributed by atoms with E-state index in [1.54, 1.807) is 26.2 Å². The number of esters is 1. The Kier molecular flexibility index (Phi) is 10.4. The molecule has 3 aromatic rings. The molecule has 216 valence electrons. The molecule has 0 bridgehead atoms. The number of hydrogen-bond donors (Lipinski definition) is 3. The third-order valence-electron chi connectivity index (χ3n) is 6.79. The summed E-state index contributed by atoms with van der Waals surface area (Å²) in [4.78, 5) is 41.9. The molecule has 1 saturated heterocycles. The summed E-state index contributed by atoms with van der Waals surface area (Å²) in [5.74, 6) is 0.0820. The van der Waals surface area contributed by atoms with Crippen LogP contribution in [-0.2, 0) is 16.0 Å². The second-order valence-corrected chi connectivity index (χ2v) is 9.48. The summed E-state index contributed by atoms with van der Waals surface area (Å²) in [6, 6.07) is 22.6. The maximum atomic E-state index is 13.4. The fourth-order valence-corrected chi connectivity index (χ4v) is 4.75. The van der Waals surface area contributed by atoms with Gasteiger partial charge in [0.25, 0.3) is 5.91 Å². The zero-order valence-electron chi connectivity index (χ0n) is 23.5. The molecule has 10 heteroatoms. The van der Waals surface area contributed by atoms with Crippen LogP contribution in [0.4, 0.5) is 21.9 Å². The lowest BCUT2D eigenvalue weighted by Crippen LogP contribution is -2.47. The van der Waals surface area contributed by atoms with Crippen LogP contribution in [0.15, 0.2) is 72.8 Å². The van der Waals surface area contributed by atoms with Gasteiger partial charge in [-0.3, -0.25) is 9.59 Å². The number of piperazine rings is 1. The fraction of sp³-hybridized carbons (Fsp3) is 0.323. The average molecular weight is 560 g/mol. The van der Waals surface area contributed by atoms with Crippen LogP contribution < -0.4 is 30.5 Å². The molecule has 3 aromatic carbocycles. The van der Waals surface area contributed by atoms with E-state index in [0.29, 0.717) is 37.3 Å². The molecule has 10 nitrogen and oxygen atoms in total. The Hall–Kier alpha value is -4.73. The molecule has 0 spiro atoms. The first-order chi connectivity index (χ1) is 20.0. The zero-order valence-corrected chi connectivity index (χ0v) is 23.5. The summed E-state index contributed by atoms with van der Waals surface area (Å²) < 4.78 is 10.4. The van der Waals surface area contributed by atoms with Crippen molar-refractivity contribution in [3.05, 3.63) is 83.9 Å². The van der Waals surface area contributed by atoms with Crippen molar-refractivity contribution in [1.29, 1.82) is 0 Å². The van der Waals surface area contributed by atoms with Gasteiger partial charge < -0.3 is 35.2 Å². The van der Waals surface area contributed by atoms with Gasteiger partial charge in [-0.25, -0.2) is 4.79 Å². The van der Waals surface area contributed by atoms with Gasteiger partial charge in [0.15, 0.2) is 0 Å². The van der Waals surface area contributed by atoms with E-state index in [0.717, 1.165) is 35.8 Å². The molecule has 0 aliphatic carbocycles. The van der Waals surface area contributed by atoms with Gasteiger partial charge in [0.2, 0.25) is 0 Å². The number of carbonyl (C=O) groups is 3. The molecule has 3 amide bonds. The maximum Gasteiger partial charge on any atom is 0.325 e. The standard InChI is InChI=1S/C31H37N5O5/c1-3-41-29(37)22-33-31(39)34-24-13-14-26(25(21-24)30(38)32-16-15-23-9-5-4-6-10-23)35-17-19-36(20-18-35)27-11-7-8-12-28(27)40-2/h4-14,21H,3,15-20,22H2,1-2H3,(H,32,38)(H2,33,34,39). The van der Waals surface area contributed by atoms with E-state index in [1.165, 1.54) is 0 Å². The zero-order chi connectivity index (χ0) is 29.0. The molecule has 0 radical (unpaired) electrons. The topological polar surface area (TPSA) is 112 Å². The minimum atomic E-state index is -0.563. The Balaban J connectivity index is 1.47. The van der Waals surface area contributed by atoms with E-state index in [1.807, 2.05) is 60.7 Å². The highest BCUT2D eigenvalue weighted by Gasteiger charge is 2.24. The normalized spacial score (nSPS) is 12.8. The predicted molar refractivity (Wildman–Crippen MR) is 160 cm³/mol. The number of nitrogens with one attached hydrogen (secondary N) is 3. The van der Waals surface area contributed by atoms with Crippen LogP contribution in [0.1, 0.15) is 22.8 Å². The van der Waals surface area contributed by atoms with Gasteiger partial charge in [0.1, 0.15) is 12.3 Å². The van der Waals surface area contributed by atoms with E-state index in [9.17, 15) is 14.4 Å². The van der Waals surface area contributed by atoms with Crippen LogP contribution in [0, 0.1) is 0 Å². The van der Waals surface area contributed by atoms with Crippen LogP contribution in [0.2, 0.25) is 0 Å². The number of amides is 3. The first-order valence-corrected chi connectivity index (χ1v) is 13.8. The Morgan fingerprint density at radius 3 is 2.22 bits per heavy atom. The quantitative estimate of drug-likeness (QED) is 0.307. The van der Waals surface area contributed by atoms with E-state index in [2.05, 4.69) is 25.8 Å². The monoisotopic (exact) mass is 559 g/mol. The molecule has 0 saturated carbocycles. The number of methoxy groups -OCH3 is 1. The summed E-state index contributed by atoms with van der Waals surface area (Å²) >= 11 is 0. The van der Waals surface area contributed by atoms with Gasteiger partial charge in [-0.2, -0.15) is 0 Å². The molecule has 4 rings (SSSR count). The van der Waals surface area contributed by atoms with Gasteiger partial charge in [0.05, 0.1) is 25.0 Å². The lowest BCUT2D eigenvalue weighted by Gasteiger charge is -2.38. The number of para-hydroxylation sites is 2. The predicted octanol–water partition coefficient (Wildman–Crippen LogP) is 3.68. The molecule has 3 N–H and O–H groups in total. The van der Waals surface area contributed by atoms with Crippen LogP contribution in [0.3, 0.4) is 0 Å². The second-order valence-electron chi connectivity index (χ2n) is 9.48. The third-order valence-corrected chi connectivity index (χ3v) is 6.79. The van der Waals surface area contributed by atoms with Crippen LogP contribution in [0.5, 0.6) is 5.75 Å². The Labute approximate surface area is 240 Å². The highest BCUT2D eigenvalue weighted by atomic mass is 16.5. The maximum absolute atomic E-state index is 13.4. The van der Waals surface area contributed by atoms with Crippen molar-refractivity contribution in [3.63, 3.8) is 0 Å². The number of anilines is 3. The van der Waals surface area contributed by atoms with Crippen molar-refractivity contribution in [3.8, 4) is 5.75 Å². The summed E-state index contributed by atoms with van der Waals surface area (Å²) in [6.07, 6.45) is 0.702. The largest absolute Gasteiger partial charge is 0.495 e. The Bertz CT molecular complexity index is 1330. The smallest absolute Gasteiger partial charge is 0.325 e. The van der Waals surface area contributed by atoms with E-state index in [4.69, 9.17) is 9.47 Å². The number of rotatable bonds is 11. The number of ether oxygens (including phenoxy) is 2. The number of nitrogens with zero attached hydrogens (tertiary/aromatic N) is 2. The van der Waals surface area contributed by atoms with Gasteiger partial charge in [-0.05, 0) is 49.2 Å². The van der Waals surface area contributed by atoms with Crippen molar-refractivity contribution < 1.29 is 23.9 Å². The van der Waals surface area contributed by atoms with Crippen LogP contribution >= 0.6 is 0 Å².